The Morgan fingerprint density at radius 1 is 1.24 bits per heavy atom. The predicted octanol–water partition coefficient (Wildman–Crippen LogP) is 0.830. The van der Waals surface area contributed by atoms with Gasteiger partial charge in [0.05, 0.1) is 6.04 Å². The zero-order chi connectivity index (χ0) is 16.2. The van der Waals surface area contributed by atoms with E-state index in [1.165, 1.54) is 24.1 Å². The van der Waals surface area contributed by atoms with Gasteiger partial charge >= 0.3 is 5.97 Å². The Labute approximate surface area is 124 Å². The molecule has 0 radical (unpaired) electrons. The van der Waals surface area contributed by atoms with Crippen molar-refractivity contribution in [2.75, 3.05) is 7.05 Å². The first-order valence-corrected chi connectivity index (χ1v) is 6.77. The van der Waals surface area contributed by atoms with Gasteiger partial charge in [0, 0.05) is 13.5 Å². The van der Waals surface area contributed by atoms with Crippen molar-refractivity contribution in [3.8, 4) is 5.75 Å². The highest BCUT2D eigenvalue weighted by Crippen LogP contribution is 2.14. The van der Waals surface area contributed by atoms with Crippen LogP contribution in [0.3, 0.4) is 0 Å². The molecule has 0 aliphatic rings. The molecule has 1 rings (SSSR count). The second-order valence-corrected chi connectivity index (χ2v) is 5.44. The average Bonchev–Trinajstić information content (AvgIpc) is 2.43. The van der Waals surface area contributed by atoms with Gasteiger partial charge in [0.15, 0.2) is 0 Å². The van der Waals surface area contributed by atoms with E-state index in [9.17, 15) is 19.8 Å². The van der Waals surface area contributed by atoms with Crippen molar-refractivity contribution in [1.29, 1.82) is 0 Å². The third-order valence-corrected chi connectivity index (χ3v) is 3.47. The van der Waals surface area contributed by atoms with Crippen LogP contribution in [0.4, 0.5) is 0 Å². The highest BCUT2D eigenvalue weighted by atomic mass is 16.4. The van der Waals surface area contributed by atoms with E-state index in [0.717, 1.165) is 5.56 Å². The summed E-state index contributed by atoms with van der Waals surface area (Å²) in [6.45, 7) is 3.62. The van der Waals surface area contributed by atoms with Crippen molar-refractivity contribution >= 4 is 11.9 Å². The summed E-state index contributed by atoms with van der Waals surface area (Å²) < 4.78 is 0. The van der Waals surface area contributed by atoms with Gasteiger partial charge in [-0.05, 0) is 23.6 Å². The largest absolute Gasteiger partial charge is 0.508 e. The van der Waals surface area contributed by atoms with Crippen LogP contribution in [0, 0.1) is 5.92 Å². The molecular formula is C15H22N2O4. The van der Waals surface area contributed by atoms with E-state index in [0.29, 0.717) is 0 Å². The lowest BCUT2D eigenvalue weighted by Gasteiger charge is -2.28. The van der Waals surface area contributed by atoms with Crippen LogP contribution < -0.4 is 5.73 Å². The number of aromatic hydroxyl groups is 1. The molecule has 0 aromatic heterocycles. The van der Waals surface area contributed by atoms with E-state index in [-0.39, 0.29) is 18.1 Å². The molecule has 6 heteroatoms. The number of hydrogen-bond donors (Lipinski definition) is 3. The summed E-state index contributed by atoms with van der Waals surface area (Å²) >= 11 is 0. The van der Waals surface area contributed by atoms with Crippen LogP contribution in [0.1, 0.15) is 19.4 Å². The number of amides is 1. The molecule has 0 heterocycles. The van der Waals surface area contributed by atoms with Crippen LogP contribution in [0.2, 0.25) is 0 Å². The minimum Gasteiger partial charge on any atom is -0.508 e. The Bertz CT molecular complexity index is 499. The van der Waals surface area contributed by atoms with Crippen molar-refractivity contribution in [3.05, 3.63) is 29.8 Å². The molecule has 21 heavy (non-hydrogen) atoms. The molecule has 2 atom stereocenters. The molecule has 6 nitrogen and oxygen atoms in total. The third kappa shape index (κ3) is 4.46. The molecule has 0 saturated heterocycles. The molecule has 0 aliphatic heterocycles. The maximum atomic E-state index is 12.2. The zero-order valence-electron chi connectivity index (χ0n) is 12.5. The molecule has 116 valence electrons. The number of carboxylic acids is 1. The predicted molar refractivity (Wildman–Crippen MR) is 78.8 cm³/mol. The van der Waals surface area contributed by atoms with Crippen LogP contribution >= 0.6 is 0 Å². The number of phenolic OH excluding ortho intramolecular Hbond substituents is 1. The fraction of sp³-hybridized carbons (Fsp3) is 0.467. The standard InChI is InChI=1S/C15H22N2O4/c1-9(2)13(16)14(19)17(3)12(15(20)21)8-10-4-6-11(18)7-5-10/h4-7,9,12-13,18H,8,16H2,1-3H3,(H,20,21)/t12-,13+/m1/s1. The number of nitrogens with zero attached hydrogens (tertiary/aromatic N) is 1. The smallest absolute Gasteiger partial charge is 0.326 e. The number of nitrogens with two attached hydrogens (primary N) is 1. The maximum absolute atomic E-state index is 12.2. The van der Waals surface area contributed by atoms with Crippen LogP contribution in [-0.4, -0.2) is 46.1 Å². The van der Waals surface area contributed by atoms with Crippen LogP contribution in [0.15, 0.2) is 24.3 Å². The van der Waals surface area contributed by atoms with Gasteiger partial charge in [-0.3, -0.25) is 4.79 Å². The minimum absolute atomic E-state index is 0.0666. The summed E-state index contributed by atoms with van der Waals surface area (Å²) in [5.41, 5.74) is 6.52. The van der Waals surface area contributed by atoms with E-state index in [2.05, 4.69) is 0 Å². The molecule has 4 N–H and O–H groups in total. The van der Waals surface area contributed by atoms with Gasteiger partial charge < -0.3 is 20.8 Å². The normalized spacial score (nSPS) is 13.8. The second-order valence-electron chi connectivity index (χ2n) is 5.44. The van der Waals surface area contributed by atoms with Crippen molar-refractivity contribution in [2.24, 2.45) is 11.7 Å². The Morgan fingerprint density at radius 2 is 1.76 bits per heavy atom. The highest BCUT2D eigenvalue weighted by Gasteiger charge is 2.30. The molecule has 0 unspecified atom stereocenters. The summed E-state index contributed by atoms with van der Waals surface area (Å²) in [6, 6.07) is 4.51. The van der Waals surface area contributed by atoms with Gasteiger partial charge in [-0.1, -0.05) is 26.0 Å². The fourth-order valence-corrected chi connectivity index (χ4v) is 1.92. The number of carbonyl (C=O) groups is 2. The number of benzene rings is 1. The van der Waals surface area contributed by atoms with Gasteiger partial charge in [0.2, 0.25) is 5.91 Å². The van der Waals surface area contributed by atoms with Gasteiger partial charge in [0.25, 0.3) is 0 Å². The quantitative estimate of drug-likeness (QED) is 0.721. The molecule has 0 fully saturated rings. The summed E-state index contributed by atoms with van der Waals surface area (Å²) in [6.07, 6.45) is 0.155. The first kappa shape index (κ1) is 17.0. The fourth-order valence-electron chi connectivity index (χ4n) is 1.92. The topological polar surface area (TPSA) is 104 Å². The molecule has 1 amide bonds. The summed E-state index contributed by atoms with van der Waals surface area (Å²) in [5.74, 6) is -1.44. The Hall–Kier alpha value is -2.08. The van der Waals surface area contributed by atoms with E-state index < -0.39 is 24.0 Å². The SMILES string of the molecule is CC(C)[C@H](N)C(=O)N(C)[C@H](Cc1ccc(O)cc1)C(=O)O. The molecule has 0 spiro atoms. The van der Waals surface area contributed by atoms with Gasteiger partial charge in [-0.2, -0.15) is 0 Å². The zero-order valence-corrected chi connectivity index (χ0v) is 12.5. The van der Waals surface area contributed by atoms with Crippen molar-refractivity contribution in [1.82, 2.24) is 4.90 Å². The second kappa shape index (κ2) is 7.08. The number of carbonyl (C=O) groups excluding carboxylic acids is 1. The number of aliphatic carboxylic acids is 1. The van der Waals surface area contributed by atoms with Crippen molar-refractivity contribution < 1.29 is 19.8 Å². The first-order chi connectivity index (χ1) is 9.73. The first-order valence-electron chi connectivity index (χ1n) is 6.77. The Balaban J connectivity index is 2.88. The molecule has 1 aromatic carbocycles. The lowest BCUT2D eigenvalue weighted by molar-refractivity contribution is -0.149. The molecule has 0 saturated carbocycles. The number of likely N-dealkylation sites (N-methyl/N-ethyl adjacent to an activating group) is 1. The number of rotatable bonds is 6. The summed E-state index contributed by atoms with van der Waals surface area (Å²) in [5, 5.41) is 18.6. The minimum atomic E-state index is -1.09. The van der Waals surface area contributed by atoms with Crippen molar-refractivity contribution in [2.45, 2.75) is 32.4 Å². The van der Waals surface area contributed by atoms with E-state index in [1.807, 2.05) is 13.8 Å². The lowest BCUT2D eigenvalue weighted by Crippen LogP contribution is -2.51. The molecule has 0 aliphatic carbocycles. The van der Waals surface area contributed by atoms with Gasteiger partial charge in [-0.15, -0.1) is 0 Å². The summed E-state index contributed by atoms with van der Waals surface area (Å²) in [4.78, 5) is 24.8. The van der Waals surface area contributed by atoms with E-state index in [1.54, 1.807) is 12.1 Å². The van der Waals surface area contributed by atoms with E-state index >= 15 is 0 Å². The Morgan fingerprint density at radius 3 is 2.19 bits per heavy atom. The van der Waals surface area contributed by atoms with Crippen molar-refractivity contribution in [3.63, 3.8) is 0 Å². The third-order valence-electron chi connectivity index (χ3n) is 3.47. The Kier molecular flexibility index (Phi) is 5.72. The van der Waals surface area contributed by atoms with Gasteiger partial charge in [-0.25, -0.2) is 4.79 Å². The molecule has 1 aromatic rings. The van der Waals surface area contributed by atoms with Crippen LogP contribution in [0.5, 0.6) is 5.75 Å². The monoisotopic (exact) mass is 294 g/mol. The lowest BCUT2D eigenvalue weighted by atomic mass is 10.0. The maximum Gasteiger partial charge on any atom is 0.326 e. The number of phenols is 1. The van der Waals surface area contributed by atoms with E-state index in [4.69, 9.17) is 5.73 Å². The number of carboxylic acid groups (broad SMARTS) is 1. The average molecular weight is 294 g/mol. The summed E-state index contributed by atoms with van der Waals surface area (Å²) in [7, 11) is 1.45. The molecular weight excluding hydrogens is 272 g/mol. The number of hydrogen-bond acceptors (Lipinski definition) is 4. The van der Waals surface area contributed by atoms with Crippen LogP contribution in [0.25, 0.3) is 0 Å². The van der Waals surface area contributed by atoms with Gasteiger partial charge in [0.1, 0.15) is 11.8 Å². The van der Waals surface area contributed by atoms with Crippen LogP contribution in [-0.2, 0) is 16.0 Å². The molecule has 0 bridgehead atoms. The highest BCUT2D eigenvalue weighted by molar-refractivity contribution is 5.87.